The molecular formula is C22H20Cl2N2O4S. The molecule has 0 aliphatic rings. The van der Waals surface area contributed by atoms with Crippen LogP contribution in [0.4, 0.5) is 11.4 Å². The van der Waals surface area contributed by atoms with Crippen LogP contribution in [0.3, 0.4) is 0 Å². The highest BCUT2D eigenvalue weighted by Crippen LogP contribution is 2.30. The number of nitrogens with one attached hydrogen (secondary N) is 1. The molecule has 1 amide bonds. The third-order valence-electron chi connectivity index (χ3n) is 4.28. The first-order chi connectivity index (χ1) is 14.8. The Bertz CT molecular complexity index is 1150. The van der Waals surface area contributed by atoms with E-state index in [4.69, 9.17) is 27.9 Å². The zero-order valence-corrected chi connectivity index (χ0v) is 18.9. The van der Waals surface area contributed by atoms with E-state index in [0.29, 0.717) is 23.7 Å². The van der Waals surface area contributed by atoms with E-state index >= 15 is 0 Å². The molecule has 0 aliphatic heterocycles. The molecule has 0 fully saturated rings. The summed E-state index contributed by atoms with van der Waals surface area (Å²) in [4.78, 5) is 12.8. The largest absolute Gasteiger partial charge is 0.494 e. The minimum Gasteiger partial charge on any atom is -0.494 e. The van der Waals surface area contributed by atoms with Crippen LogP contribution in [0.15, 0.2) is 77.7 Å². The molecule has 0 radical (unpaired) electrons. The average molecular weight is 479 g/mol. The summed E-state index contributed by atoms with van der Waals surface area (Å²) in [6.45, 7) is 1.87. The molecule has 0 spiro atoms. The molecule has 0 unspecified atom stereocenters. The summed E-state index contributed by atoms with van der Waals surface area (Å²) in [6.07, 6.45) is 0. The number of carbonyl (C=O) groups excluding carboxylic acids is 1. The number of sulfonamides is 1. The minimum absolute atomic E-state index is 0.0671. The number of ether oxygens (including phenoxy) is 1. The molecular weight excluding hydrogens is 459 g/mol. The Hall–Kier alpha value is -2.74. The molecule has 9 heteroatoms. The van der Waals surface area contributed by atoms with Crippen LogP contribution >= 0.6 is 23.2 Å². The lowest BCUT2D eigenvalue weighted by molar-refractivity contribution is -0.114. The van der Waals surface area contributed by atoms with E-state index < -0.39 is 22.5 Å². The smallest absolute Gasteiger partial charge is 0.264 e. The highest BCUT2D eigenvalue weighted by atomic mass is 35.5. The number of carbonyl (C=O) groups is 1. The van der Waals surface area contributed by atoms with Crippen molar-refractivity contribution in [2.45, 2.75) is 11.8 Å². The molecule has 31 heavy (non-hydrogen) atoms. The van der Waals surface area contributed by atoms with Crippen molar-refractivity contribution in [2.24, 2.45) is 0 Å². The molecule has 1 N–H and O–H groups in total. The molecule has 3 aromatic carbocycles. The Morgan fingerprint density at radius 3 is 2.29 bits per heavy atom. The maximum atomic E-state index is 13.3. The van der Waals surface area contributed by atoms with Gasteiger partial charge in [0.1, 0.15) is 12.3 Å². The molecule has 3 rings (SSSR count). The Balaban J connectivity index is 1.93. The summed E-state index contributed by atoms with van der Waals surface area (Å²) in [7, 11) is -4.01. The number of hydrogen-bond acceptors (Lipinski definition) is 4. The van der Waals surface area contributed by atoms with Crippen molar-refractivity contribution in [3.63, 3.8) is 0 Å². The van der Waals surface area contributed by atoms with Crippen LogP contribution in [0.25, 0.3) is 0 Å². The monoisotopic (exact) mass is 478 g/mol. The van der Waals surface area contributed by atoms with Gasteiger partial charge in [-0.15, -0.1) is 0 Å². The van der Waals surface area contributed by atoms with Crippen molar-refractivity contribution in [3.05, 3.63) is 82.8 Å². The summed E-state index contributed by atoms with van der Waals surface area (Å²) in [5, 5.41) is 3.07. The molecule has 3 aromatic rings. The van der Waals surface area contributed by atoms with Gasteiger partial charge in [0, 0.05) is 0 Å². The molecule has 0 aliphatic carbocycles. The molecule has 0 atom stereocenters. The van der Waals surface area contributed by atoms with Crippen molar-refractivity contribution in [1.82, 2.24) is 0 Å². The fourth-order valence-electron chi connectivity index (χ4n) is 2.83. The summed E-state index contributed by atoms with van der Waals surface area (Å²) in [6, 6.07) is 19.2. The van der Waals surface area contributed by atoms with Gasteiger partial charge >= 0.3 is 0 Å². The van der Waals surface area contributed by atoms with E-state index in [9.17, 15) is 13.2 Å². The van der Waals surface area contributed by atoms with Crippen molar-refractivity contribution < 1.29 is 17.9 Å². The Labute approximate surface area is 191 Å². The normalized spacial score (nSPS) is 11.1. The van der Waals surface area contributed by atoms with Gasteiger partial charge in [-0.3, -0.25) is 9.10 Å². The SMILES string of the molecule is CCOc1ccc(N(CC(=O)Nc2cccc(Cl)c2Cl)S(=O)(=O)c2ccccc2)cc1. The molecule has 0 saturated heterocycles. The number of hydrogen-bond donors (Lipinski definition) is 1. The lowest BCUT2D eigenvalue weighted by atomic mass is 10.3. The van der Waals surface area contributed by atoms with Crippen LogP contribution in [0.1, 0.15) is 6.92 Å². The van der Waals surface area contributed by atoms with Gasteiger partial charge in [-0.2, -0.15) is 0 Å². The fourth-order valence-corrected chi connectivity index (χ4v) is 4.62. The van der Waals surface area contributed by atoms with Gasteiger partial charge in [0.05, 0.1) is 32.9 Å². The molecule has 162 valence electrons. The minimum atomic E-state index is -4.01. The predicted molar refractivity (Wildman–Crippen MR) is 124 cm³/mol. The Kier molecular flexibility index (Phi) is 7.43. The number of amides is 1. The van der Waals surface area contributed by atoms with Crippen LogP contribution in [-0.4, -0.2) is 27.5 Å². The second-order valence-electron chi connectivity index (χ2n) is 6.40. The van der Waals surface area contributed by atoms with Crippen LogP contribution in [0.5, 0.6) is 5.75 Å². The van der Waals surface area contributed by atoms with Gasteiger partial charge in [-0.25, -0.2) is 8.42 Å². The lowest BCUT2D eigenvalue weighted by Gasteiger charge is -2.24. The van der Waals surface area contributed by atoms with Crippen LogP contribution < -0.4 is 14.4 Å². The standard InChI is InChI=1S/C22H20Cl2N2O4S/c1-2-30-17-13-11-16(12-14-17)26(31(28,29)18-7-4-3-5-8-18)15-21(27)25-20-10-6-9-19(23)22(20)24/h3-14H,2,15H2,1H3,(H,25,27). The zero-order valence-electron chi connectivity index (χ0n) is 16.6. The Morgan fingerprint density at radius 1 is 0.968 bits per heavy atom. The van der Waals surface area contributed by atoms with Crippen molar-refractivity contribution >= 4 is 50.5 Å². The summed E-state index contributed by atoms with van der Waals surface area (Å²) in [5.74, 6) is 0.0241. The van der Waals surface area contributed by atoms with Gasteiger partial charge < -0.3 is 10.1 Å². The lowest BCUT2D eigenvalue weighted by Crippen LogP contribution is -2.38. The molecule has 0 heterocycles. The summed E-state index contributed by atoms with van der Waals surface area (Å²) >= 11 is 12.1. The van der Waals surface area contributed by atoms with E-state index in [0.717, 1.165) is 4.31 Å². The van der Waals surface area contributed by atoms with Crippen LogP contribution in [0.2, 0.25) is 10.0 Å². The number of nitrogens with zero attached hydrogens (tertiary/aromatic N) is 1. The van der Waals surface area contributed by atoms with E-state index in [1.807, 2.05) is 6.92 Å². The molecule has 0 bridgehead atoms. The van der Waals surface area contributed by atoms with Crippen LogP contribution in [0, 0.1) is 0 Å². The van der Waals surface area contributed by atoms with Gasteiger partial charge in [-0.05, 0) is 55.5 Å². The zero-order chi connectivity index (χ0) is 22.4. The maximum Gasteiger partial charge on any atom is 0.264 e. The second-order valence-corrected chi connectivity index (χ2v) is 9.05. The van der Waals surface area contributed by atoms with Gasteiger partial charge in [0.15, 0.2) is 0 Å². The highest BCUT2D eigenvalue weighted by molar-refractivity contribution is 7.92. The predicted octanol–water partition coefficient (Wildman–Crippen LogP) is 5.23. The average Bonchev–Trinajstić information content (AvgIpc) is 2.77. The van der Waals surface area contributed by atoms with E-state index in [1.165, 1.54) is 12.1 Å². The van der Waals surface area contributed by atoms with Gasteiger partial charge in [-0.1, -0.05) is 47.5 Å². The third-order valence-corrected chi connectivity index (χ3v) is 6.89. The summed E-state index contributed by atoms with van der Waals surface area (Å²) < 4.78 is 33.1. The van der Waals surface area contributed by atoms with Crippen molar-refractivity contribution in [3.8, 4) is 5.75 Å². The number of halogens is 2. The molecule has 0 saturated carbocycles. The van der Waals surface area contributed by atoms with E-state index in [2.05, 4.69) is 5.32 Å². The number of benzene rings is 3. The first kappa shape index (κ1) is 22.9. The quantitative estimate of drug-likeness (QED) is 0.480. The highest BCUT2D eigenvalue weighted by Gasteiger charge is 2.27. The van der Waals surface area contributed by atoms with E-state index in [-0.39, 0.29) is 14.9 Å². The topological polar surface area (TPSA) is 75.7 Å². The van der Waals surface area contributed by atoms with Crippen LogP contribution in [-0.2, 0) is 14.8 Å². The summed E-state index contributed by atoms with van der Waals surface area (Å²) in [5.41, 5.74) is 0.613. The second kappa shape index (κ2) is 10.0. The first-order valence-electron chi connectivity index (χ1n) is 9.37. The molecule has 0 aromatic heterocycles. The van der Waals surface area contributed by atoms with Crippen molar-refractivity contribution in [2.75, 3.05) is 22.8 Å². The Morgan fingerprint density at radius 2 is 1.65 bits per heavy atom. The fraction of sp³-hybridized carbons (Fsp3) is 0.136. The third kappa shape index (κ3) is 5.50. The molecule has 6 nitrogen and oxygen atoms in total. The van der Waals surface area contributed by atoms with E-state index in [1.54, 1.807) is 60.7 Å². The van der Waals surface area contributed by atoms with Gasteiger partial charge in [0.2, 0.25) is 5.91 Å². The number of anilines is 2. The van der Waals surface area contributed by atoms with Gasteiger partial charge in [0.25, 0.3) is 10.0 Å². The first-order valence-corrected chi connectivity index (χ1v) is 11.6. The van der Waals surface area contributed by atoms with Crippen molar-refractivity contribution in [1.29, 1.82) is 0 Å². The maximum absolute atomic E-state index is 13.3. The number of rotatable bonds is 8.